The molecule has 0 bridgehead atoms. The third kappa shape index (κ3) is 3.41. The minimum atomic E-state index is 0.0374. The van der Waals surface area contributed by atoms with Crippen molar-refractivity contribution in [3.05, 3.63) is 6.20 Å². The van der Waals surface area contributed by atoms with Crippen molar-refractivity contribution in [2.75, 3.05) is 36.5 Å². The molecule has 17 heavy (non-hydrogen) atoms. The molecule has 5 nitrogen and oxygen atoms in total. The van der Waals surface area contributed by atoms with Crippen molar-refractivity contribution in [2.45, 2.75) is 19.8 Å². The zero-order valence-corrected chi connectivity index (χ0v) is 10.8. The van der Waals surface area contributed by atoms with E-state index in [2.05, 4.69) is 15.2 Å². The predicted molar refractivity (Wildman–Crippen MR) is 68.7 cm³/mol. The molecule has 0 aliphatic carbocycles. The first-order valence-corrected chi connectivity index (χ1v) is 6.69. The van der Waals surface area contributed by atoms with E-state index < -0.39 is 0 Å². The highest BCUT2D eigenvalue weighted by atomic mass is 32.1. The van der Waals surface area contributed by atoms with E-state index in [1.165, 1.54) is 11.3 Å². The first kappa shape index (κ1) is 12.3. The van der Waals surface area contributed by atoms with Gasteiger partial charge < -0.3 is 15.0 Å². The quantitative estimate of drug-likeness (QED) is 0.890. The molecule has 1 aromatic heterocycles. The van der Waals surface area contributed by atoms with Gasteiger partial charge in [0.2, 0.25) is 5.91 Å². The van der Waals surface area contributed by atoms with Gasteiger partial charge in [0.25, 0.3) is 0 Å². The van der Waals surface area contributed by atoms with Gasteiger partial charge in [0.1, 0.15) is 5.00 Å². The maximum atomic E-state index is 11.4. The lowest BCUT2D eigenvalue weighted by Crippen LogP contribution is -2.35. The number of ether oxygens (including phenoxy) is 1. The lowest BCUT2D eigenvalue weighted by atomic mass is 10.3. The molecule has 94 valence electrons. The number of nitrogens with one attached hydrogen (secondary N) is 1. The van der Waals surface area contributed by atoms with E-state index in [1.54, 1.807) is 0 Å². The number of rotatable bonds is 4. The highest BCUT2D eigenvalue weighted by Gasteiger charge is 2.14. The van der Waals surface area contributed by atoms with Crippen molar-refractivity contribution in [1.29, 1.82) is 0 Å². The Bertz CT molecular complexity index is 375. The summed E-state index contributed by atoms with van der Waals surface area (Å²) in [6.45, 7) is 5.29. The van der Waals surface area contributed by atoms with Crippen molar-refractivity contribution in [3.8, 4) is 0 Å². The van der Waals surface area contributed by atoms with E-state index in [9.17, 15) is 4.79 Å². The summed E-state index contributed by atoms with van der Waals surface area (Å²) >= 11 is 1.52. The van der Waals surface area contributed by atoms with Gasteiger partial charge in [-0.15, -0.1) is 0 Å². The Kier molecular flexibility index (Phi) is 4.33. The van der Waals surface area contributed by atoms with Crippen LogP contribution in [0.15, 0.2) is 6.20 Å². The zero-order chi connectivity index (χ0) is 12.1. The highest BCUT2D eigenvalue weighted by Crippen LogP contribution is 2.27. The van der Waals surface area contributed by atoms with E-state index in [0.717, 1.165) is 37.7 Å². The summed E-state index contributed by atoms with van der Waals surface area (Å²) in [5, 5.41) is 4.60. The van der Waals surface area contributed by atoms with Crippen LogP contribution >= 0.6 is 11.3 Å². The number of carbonyl (C=O) groups excluding carboxylic acids is 1. The summed E-state index contributed by atoms with van der Waals surface area (Å²) in [4.78, 5) is 17.9. The fourth-order valence-electron chi connectivity index (χ4n) is 1.66. The number of carbonyl (C=O) groups is 1. The molecular formula is C11H17N3O2S. The van der Waals surface area contributed by atoms with E-state index in [0.29, 0.717) is 11.6 Å². The molecule has 1 aromatic rings. The number of hydrogen-bond donors (Lipinski definition) is 1. The molecule has 0 unspecified atom stereocenters. The van der Waals surface area contributed by atoms with Crippen LogP contribution in [0.3, 0.4) is 0 Å². The average molecular weight is 255 g/mol. The van der Waals surface area contributed by atoms with Crippen LogP contribution in [0.25, 0.3) is 0 Å². The van der Waals surface area contributed by atoms with Crippen molar-refractivity contribution in [2.24, 2.45) is 0 Å². The van der Waals surface area contributed by atoms with Gasteiger partial charge in [-0.2, -0.15) is 0 Å². The van der Waals surface area contributed by atoms with Crippen LogP contribution in [0.4, 0.5) is 10.1 Å². The lowest BCUT2D eigenvalue weighted by molar-refractivity contribution is -0.116. The maximum Gasteiger partial charge on any atom is 0.226 e. The molecule has 1 amide bonds. The van der Waals surface area contributed by atoms with E-state index in [-0.39, 0.29) is 5.91 Å². The molecule has 2 heterocycles. The summed E-state index contributed by atoms with van der Waals surface area (Å²) in [6.07, 6.45) is 3.22. The van der Waals surface area contributed by atoms with Gasteiger partial charge in [0, 0.05) is 19.5 Å². The van der Waals surface area contributed by atoms with Crippen molar-refractivity contribution in [3.63, 3.8) is 0 Å². The molecule has 1 aliphatic heterocycles. The molecular weight excluding hydrogens is 238 g/mol. The van der Waals surface area contributed by atoms with Gasteiger partial charge >= 0.3 is 0 Å². The predicted octanol–water partition coefficient (Wildman–Crippen LogP) is 1.72. The Morgan fingerprint density at radius 3 is 3.06 bits per heavy atom. The number of aromatic nitrogens is 1. The van der Waals surface area contributed by atoms with E-state index >= 15 is 0 Å². The Morgan fingerprint density at radius 2 is 2.35 bits per heavy atom. The molecule has 0 aromatic carbocycles. The van der Waals surface area contributed by atoms with Crippen molar-refractivity contribution < 1.29 is 9.53 Å². The molecule has 0 saturated carbocycles. The number of amides is 1. The number of nitrogens with zero attached hydrogens (tertiary/aromatic N) is 2. The number of thiazole rings is 1. The molecule has 2 rings (SSSR count). The van der Waals surface area contributed by atoms with Crippen LogP contribution in [-0.4, -0.2) is 37.2 Å². The molecule has 1 N–H and O–H groups in total. The SMILES string of the molecule is CCCC(=O)Nc1ncc(N2CCOCC2)s1. The largest absolute Gasteiger partial charge is 0.378 e. The van der Waals surface area contributed by atoms with Gasteiger partial charge in [0.15, 0.2) is 5.13 Å². The Balaban J connectivity index is 1.93. The van der Waals surface area contributed by atoms with Crippen molar-refractivity contribution in [1.82, 2.24) is 4.98 Å². The monoisotopic (exact) mass is 255 g/mol. The summed E-state index contributed by atoms with van der Waals surface area (Å²) in [5.41, 5.74) is 0. The van der Waals surface area contributed by atoms with Crippen LogP contribution in [0, 0.1) is 0 Å². The molecule has 0 radical (unpaired) electrons. The lowest BCUT2D eigenvalue weighted by Gasteiger charge is -2.26. The molecule has 1 aliphatic rings. The average Bonchev–Trinajstić information content (AvgIpc) is 2.79. The standard InChI is InChI=1S/C11H17N3O2S/c1-2-3-9(15)13-11-12-8-10(17-11)14-4-6-16-7-5-14/h8H,2-7H2,1H3,(H,12,13,15). The number of hydrogen-bond acceptors (Lipinski definition) is 5. The van der Waals surface area contributed by atoms with E-state index in [1.807, 2.05) is 13.1 Å². The van der Waals surface area contributed by atoms with Gasteiger partial charge in [-0.1, -0.05) is 18.3 Å². The first-order chi connectivity index (χ1) is 8.29. The Hall–Kier alpha value is -1.14. The second-order valence-corrected chi connectivity index (χ2v) is 4.91. The van der Waals surface area contributed by atoms with Crippen LogP contribution in [-0.2, 0) is 9.53 Å². The van der Waals surface area contributed by atoms with Gasteiger partial charge in [-0.05, 0) is 6.42 Å². The van der Waals surface area contributed by atoms with Gasteiger partial charge in [-0.25, -0.2) is 4.98 Å². The highest BCUT2D eigenvalue weighted by molar-refractivity contribution is 7.19. The van der Waals surface area contributed by atoms with Crippen LogP contribution in [0.1, 0.15) is 19.8 Å². The number of anilines is 2. The first-order valence-electron chi connectivity index (χ1n) is 5.88. The second-order valence-electron chi connectivity index (χ2n) is 3.90. The summed E-state index contributed by atoms with van der Waals surface area (Å²) in [7, 11) is 0. The molecule has 6 heteroatoms. The molecule has 1 saturated heterocycles. The Labute approximate surface area is 105 Å². The fraction of sp³-hybridized carbons (Fsp3) is 0.636. The smallest absolute Gasteiger partial charge is 0.226 e. The third-order valence-corrected chi connectivity index (χ3v) is 3.51. The summed E-state index contributed by atoms with van der Waals surface area (Å²) < 4.78 is 5.30. The Morgan fingerprint density at radius 1 is 1.59 bits per heavy atom. The van der Waals surface area contributed by atoms with Crippen LogP contribution in [0.2, 0.25) is 0 Å². The molecule has 0 atom stereocenters. The topological polar surface area (TPSA) is 54.5 Å². The third-order valence-electron chi connectivity index (χ3n) is 2.54. The number of morpholine rings is 1. The summed E-state index contributed by atoms with van der Waals surface area (Å²) in [5.74, 6) is 0.0374. The summed E-state index contributed by atoms with van der Waals surface area (Å²) in [6, 6.07) is 0. The normalized spacial score (nSPS) is 15.9. The maximum absolute atomic E-state index is 11.4. The second kappa shape index (κ2) is 5.97. The van der Waals surface area contributed by atoms with Crippen molar-refractivity contribution >= 4 is 27.4 Å². The molecule has 0 spiro atoms. The van der Waals surface area contributed by atoms with E-state index in [4.69, 9.17) is 4.74 Å². The van der Waals surface area contributed by atoms with Gasteiger partial charge in [0.05, 0.1) is 19.4 Å². The van der Waals surface area contributed by atoms with Crippen LogP contribution in [0.5, 0.6) is 0 Å². The molecule has 1 fully saturated rings. The van der Waals surface area contributed by atoms with Crippen LogP contribution < -0.4 is 10.2 Å². The minimum Gasteiger partial charge on any atom is -0.378 e. The minimum absolute atomic E-state index is 0.0374. The zero-order valence-electron chi connectivity index (χ0n) is 9.94. The van der Waals surface area contributed by atoms with Gasteiger partial charge in [-0.3, -0.25) is 4.79 Å². The fourth-order valence-corrected chi connectivity index (χ4v) is 2.55.